The number of rotatable bonds is 6. The minimum absolute atomic E-state index is 0.0715. The van der Waals surface area contributed by atoms with E-state index in [1.54, 1.807) is 0 Å². The Morgan fingerprint density at radius 3 is 1.53 bits per heavy atom. The molecule has 0 aliphatic rings. The monoisotopic (exact) mass is 244 g/mol. The lowest BCUT2D eigenvalue weighted by molar-refractivity contribution is -0.141. The topological polar surface area (TPSA) is 52.6 Å². The van der Waals surface area contributed by atoms with Gasteiger partial charge in [0.05, 0.1) is 14.2 Å². The molecule has 4 nitrogen and oxygen atoms in total. The van der Waals surface area contributed by atoms with Crippen LogP contribution in [0.2, 0.25) is 0 Å². The van der Waals surface area contributed by atoms with Crippen molar-refractivity contribution in [1.82, 2.24) is 0 Å². The second-order valence-electron chi connectivity index (χ2n) is 5.29. The van der Waals surface area contributed by atoms with Crippen molar-refractivity contribution in [3.63, 3.8) is 0 Å². The van der Waals surface area contributed by atoms with Crippen molar-refractivity contribution >= 4 is 11.9 Å². The summed E-state index contributed by atoms with van der Waals surface area (Å²) in [5.41, 5.74) is 0.0715. The predicted octanol–water partition coefficient (Wildman–Crippen LogP) is 2.56. The number of ether oxygens (including phenoxy) is 2. The fourth-order valence-electron chi connectivity index (χ4n) is 1.80. The summed E-state index contributed by atoms with van der Waals surface area (Å²) in [6, 6.07) is 0. The Kier molecular flexibility index (Phi) is 6.85. The van der Waals surface area contributed by atoms with Crippen LogP contribution in [0.5, 0.6) is 0 Å². The molecule has 0 N–H and O–H groups in total. The van der Waals surface area contributed by atoms with E-state index in [2.05, 4.69) is 30.2 Å². The van der Waals surface area contributed by atoms with Gasteiger partial charge in [-0.15, -0.1) is 0 Å². The summed E-state index contributed by atoms with van der Waals surface area (Å²) in [5.74, 6) is -0.0877. The highest BCUT2D eigenvalue weighted by molar-refractivity contribution is 5.69. The van der Waals surface area contributed by atoms with Crippen molar-refractivity contribution in [1.29, 1.82) is 0 Å². The van der Waals surface area contributed by atoms with E-state index in [0.29, 0.717) is 18.8 Å². The van der Waals surface area contributed by atoms with E-state index in [0.717, 1.165) is 12.8 Å². The Morgan fingerprint density at radius 1 is 0.941 bits per heavy atom. The van der Waals surface area contributed by atoms with Crippen LogP contribution in [-0.4, -0.2) is 26.2 Å². The smallest absolute Gasteiger partial charge is 0.305 e. The fraction of sp³-hybridized carbons (Fsp3) is 0.846. The lowest BCUT2D eigenvalue weighted by Crippen LogP contribution is -2.22. The Labute approximate surface area is 104 Å². The molecule has 0 atom stereocenters. The lowest BCUT2D eigenvalue weighted by atomic mass is 9.75. The summed E-state index contributed by atoms with van der Waals surface area (Å²) in [6.45, 7) is 6.35. The largest absolute Gasteiger partial charge is 0.469 e. The van der Waals surface area contributed by atoms with Gasteiger partial charge in [0.15, 0.2) is 0 Å². The molecule has 4 heteroatoms. The second-order valence-corrected chi connectivity index (χ2v) is 5.29. The summed E-state index contributed by atoms with van der Waals surface area (Å²) in [6.07, 6.45) is 2.29. The van der Waals surface area contributed by atoms with Crippen LogP contribution < -0.4 is 0 Å². The van der Waals surface area contributed by atoms with Gasteiger partial charge in [0, 0.05) is 12.8 Å². The highest BCUT2D eigenvalue weighted by Crippen LogP contribution is 2.33. The molecule has 0 bridgehead atoms. The molecule has 100 valence electrons. The molecule has 0 aliphatic carbocycles. The van der Waals surface area contributed by atoms with Crippen molar-refractivity contribution in [2.45, 2.75) is 46.5 Å². The van der Waals surface area contributed by atoms with Crippen LogP contribution in [0.25, 0.3) is 0 Å². The van der Waals surface area contributed by atoms with Gasteiger partial charge in [-0.1, -0.05) is 20.8 Å². The van der Waals surface area contributed by atoms with Crippen molar-refractivity contribution < 1.29 is 19.1 Å². The molecule has 17 heavy (non-hydrogen) atoms. The Morgan fingerprint density at radius 2 is 1.29 bits per heavy atom. The second kappa shape index (κ2) is 7.30. The fourth-order valence-corrected chi connectivity index (χ4v) is 1.80. The van der Waals surface area contributed by atoms with E-state index >= 15 is 0 Å². The van der Waals surface area contributed by atoms with Crippen molar-refractivity contribution in [3.05, 3.63) is 0 Å². The third-order valence-electron chi connectivity index (χ3n) is 3.07. The predicted molar refractivity (Wildman–Crippen MR) is 65.4 cm³/mol. The zero-order valence-corrected chi connectivity index (χ0v) is 11.5. The molecule has 0 saturated heterocycles. The molecule has 0 aromatic carbocycles. The van der Waals surface area contributed by atoms with E-state index in [-0.39, 0.29) is 17.4 Å². The SMILES string of the molecule is COC(=O)CCC(CCC(=O)OC)C(C)(C)C. The maximum Gasteiger partial charge on any atom is 0.305 e. The average Bonchev–Trinajstić information content (AvgIpc) is 2.26. The van der Waals surface area contributed by atoms with Gasteiger partial charge < -0.3 is 9.47 Å². The number of carbonyl (C=O) groups is 2. The molecule has 0 radical (unpaired) electrons. The first-order chi connectivity index (χ1) is 7.81. The average molecular weight is 244 g/mol. The molecule has 0 fully saturated rings. The van der Waals surface area contributed by atoms with E-state index < -0.39 is 0 Å². The summed E-state index contributed by atoms with van der Waals surface area (Å²) < 4.78 is 9.26. The Bertz CT molecular complexity index is 233. The minimum atomic E-state index is -0.197. The van der Waals surface area contributed by atoms with E-state index in [4.69, 9.17) is 0 Å². The quantitative estimate of drug-likeness (QED) is 0.674. The van der Waals surface area contributed by atoms with Gasteiger partial charge in [-0.2, -0.15) is 0 Å². The van der Waals surface area contributed by atoms with Crippen molar-refractivity contribution in [3.8, 4) is 0 Å². The molecule has 0 aliphatic heterocycles. The Hall–Kier alpha value is -1.06. The number of methoxy groups -OCH3 is 2. The van der Waals surface area contributed by atoms with E-state index in [1.807, 2.05) is 0 Å². The first kappa shape index (κ1) is 15.9. The van der Waals surface area contributed by atoms with Gasteiger partial charge in [0.25, 0.3) is 0 Å². The highest BCUT2D eigenvalue weighted by atomic mass is 16.5. The van der Waals surface area contributed by atoms with Crippen LogP contribution >= 0.6 is 0 Å². The van der Waals surface area contributed by atoms with Crippen LogP contribution in [0.3, 0.4) is 0 Å². The molecule has 0 unspecified atom stereocenters. The molecule has 0 aromatic rings. The normalized spacial score (nSPS) is 11.4. The molecular formula is C13H24O4. The summed E-state index contributed by atoms with van der Waals surface area (Å²) >= 11 is 0. The number of esters is 2. The molecule has 0 spiro atoms. The highest BCUT2D eigenvalue weighted by Gasteiger charge is 2.25. The zero-order valence-electron chi connectivity index (χ0n) is 11.5. The van der Waals surface area contributed by atoms with Crippen LogP contribution in [0.1, 0.15) is 46.5 Å². The molecule has 0 saturated carbocycles. The molecule has 0 heterocycles. The van der Waals surface area contributed by atoms with Gasteiger partial charge in [-0.3, -0.25) is 9.59 Å². The van der Waals surface area contributed by atoms with Gasteiger partial charge in [-0.25, -0.2) is 0 Å². The maximum absolute atomic E-state index is 11.1. The first-order valence-corrected chi connectivity index (χ1v) is 5.95. The molecule has 0 amide bonds. The third kappa shape index (κ3) is 6.97. The Balaban J connectivity index is 4.25. The number of hydrogen-bond acceptors (Lipinski definition) is 4. The van der Waals surface area contributed by atoms with Gasteiger partial charge in [0.1, 0.15) is 0 Å². The number of carbonyl (C=O) groups excluding carboxylic acids is 2. The van der Waals surface area contributed by atoms with Crippen LogP contribution in [0, 0.1) is 11.3 Å². The zero-order chi connectivity index (χ0) is 13.5. The lowest BCUT2D eigenvalue weighted by Gasteiger charge is -2.30. The van der Waals surface area contributed by atoms with Crippen LogP contribution in [-0.2, 0) is 19.1 Å². The van der Waals surface area contributed by atoms with Gasteiger partial charge >= 0.3 is 11.9 Å². The van der Waals surface area contributed by atoms with Gasteiger partial charge in [0.2, 0.25) is 0 Å². The summed E-state index contributed by atoms with van der Waals surface area (Å²) in [4.78, 5) is 22.2. The first-order valence-electron chi connectivity index (χ1n) is 5.95. The van der Waals surface area contributed by atoms with E-state index in [1.165, 1.54) is 14.2 Å². The van der Waals surface area contributed by atoms with Crippen molar-refractivity contribution in [2.24, 2.45) is 11.3 Å². The van der Waals surface area contributed by atoms with Crippen LogP contribution in [0.4, 0.5) is 0 Å². The van der Waals surface area contributed by atoms with Crippen LogP contribution in [0.15, 0.2) is 0 Å². The number of hydrogen-bond donors (Lipinski definition) is 0. The summed E-state index contributed by atoms with van der Waals surface area (Å²) in [7, 11) is 2.78. The molecular weight excluding hydrogens is 220 g/mol. The standard InChI is InChI=1S/C13H24O4/c1-13(2,3)10(6-8-11(14)16-4)7-9-12(15)17-5/h10H,6-9H2,1-5H3. The third-order valence-corrected chi connectivity index (χ3v) is 3.07. The summed E-state index contributed by atoms with van der Waals surface area (Å²) in [5, 5.41) is 0. The maximum atomic E-state index is 11.1. The molecule has 0 rings (SSSR count). The van der Waals surface area contributed by atoms with Gasteiger partial charge in [-0.05, 0) is 24.2 Å². The minimum Gasteiger partial charge on any atom is -0.469 e. The van der Waals surface area contributed by atoms with E-state index in [9.17, 15) is 9.59 Å². The van der Waals surface area contributed by atoms with Crippen molar-refractivity contribution in [2.75, 3.05) is 14.2 Å². The molecule has 0 aromatic heterocycles.